The number of piperidine rings is 1. The molecule has 0 aliphatic carbocycles. The number of urea groups is 1. The molecule has 6 nitrogen and oxygen atoms in total. The van der Waals surface area contributed by atoms with E-state index in [2.05, 4.69) is 22.5 Å². The molecule has 1 aliphatic heterocycles. The molecule has 96 valence electrons. The fraction of sp³-hybridized carbons (Fsp3) is 0.636. The summed E-state index contributed by atoms with van der Waals surface area (Å²) in [7, 11) is 0. The maximum atomic E-state index is 11.6. The number of aliphatic carboxylic acids is 1. The fourth-order valence-electron chi connectivity index (χ4n) is 1.74. The molecule has 4 N–H and O–H groups in total. The summed E-state index contributed by atoms with van der Waals surface area (Å²) in [5, 5.41) is 17.2. The van der Waals surface area contributed by atoms with Crippen molar-refractivity contribution >= 4 is 12.0 Å². The zero-order valence-electron chi connectivity index (χ0n) is 9.74. The van der Waals surface area contributed by atoms with E-state index >= 15 is 0 Å². The van der Waals surface area contributed by atoms with E-state index in [0.29, 0.717) is 0 Å². The van der Waals surface area contributed by atoms with E-state index in [1.807, 2.05) is 0 Å². The van der Waals surface area contributed by atoms with Crippen LogP contribution < -0.4 is 16.0 Å². The second-order valence-electron chi connectivity index (χ2n) is 4.06. The van der Waals surface area contributed by atoms with Crippen LogP contribution in [0.3, 0.4) is 0 Å². The molecule has 0 bridgehead atoms. The first-order chi connectivity index (χ1) is 8.13. The van der Waals surface area contributed by atoms with Gasteiger partial charge in [0.05, 0.1) is 0 Å². The Balaban J connectivity index is 2.35. The number of nitrogens with one attached hydrogen (secondary N) is 3. The third-order valence-corrected chi connectivity index (χ3v) is 2.68. The minimum absolute atomic E-state index is 0.120. The number of carbonyl (C=O) groups excluding carboxylic acids is 1. The second-order valence-corrected chi connectivity index (χ2v) is 4.06. The normalized spacial score (nSPS) is 18.1. The molecule has 1 heterocycles. The first-order valence-corrected chi connectivity index (χ1v) is 5.75. The molecular formula is C11H19N3O3. The number of carboxylic acid groups (broad SMARTS) is 1. The van der Waals surface area contributed by atoms with Gasteiger partial charge in [-0.2, -0.15) is 0 Å². The Morgan fingerprint density at radius 1 is 1.47 bits per heavy atom. The SMILES string of the molecule is C=CCC(NC(=O)NC1CCNCC1)C(=O)O. The lowest BCUT2D eigenvalue weighted by molar-refractivity contribution is -0.139. The standard InChI is InChI=1S/C11H19N3O3/c1-2-3-9(10(15)16)14-11(17)13-8-4-6-12-7-5-8/h2,8-9,12H,1,3-7H2,(H,15,16)(H2,13,14,17). The summed E-state index contributed by atoms with van der Waals surface area (Å²) in [5.74, 6) is -1.05. The molecular weight excluding hydrogens is 222 g/mol. The largest absolute Gasteiger partial charge is 0.480 e. The Hall–Kier alpha value is -1.56. The van der Waals surface area contributed by atoms with Crippen molar-refractivity contribution in [3.8, 4) is 0 Å². The molecule has 0 aromatic heterocycles. The van der Waals surface area contributed by atoms with Crippen LogP contribution in [0.5, 0.6) is 0 Å². The van der Waals surface area contributed by atoms with Gasteiger partial charge in [0.1, 0.15) is 6.04 Å². The predicted octanol–water partition coefficient (Wildman–Crippen LogP) is 0.0669. The number of hydrogen-bond acceptors (Lipinski definition) is 3. The van der Waals surface area contributed by atoms with Gasteiger partial charge in [0.25, 0.3) is 0 Å². The van der Waals surface area contributed by atoms with Gasteiger partial charge in [-0.05, 0) is 32.4 Å². The van der Waals surface area contributed by atoms with E-state index < -0.39 is 18.0 Å². The maximum Gasteiger partial charge on any atom is 0.326 e. The van der Waals surface area contributed by atoms with Crippen LogP contribution in [0.2, 0.25) is 0 Å². The van der Waals surface area contributed by atoms with Gasteiger partial charge in [0, 0.05) is 6.04 Å². The zero-order valence-corrected chi connectivity index (χ0v) is 9.74. The van der Waals surface area contributed by atoms with Crippen LogP contribution in [0, 0.1) is 0 Å². The van der Waals surface area contributed by atoms with Crippen molar-refractivity contribution in [3.05, 3.63) is 12.7 Å². The Morgan fingerprint density at radius 2 is 2.12 bits per heavy atom. The summed E-state index contributed by atoms with van der Waals surface area (Å²) in [6, 6.07) is -1.21. The average Bonchev–Trinajstić information content (AvgIpc) is 2.29. The minimum atomic E-state index is -1.05. The molecule has 0 spiro atoms. The van der Waals surface area contributed by atoms with Crippen molar-refractivity contribution in [2.24, 2.45) is 0 Å². The van der Waals surface area contributed by atoms with E-state index in [9.17, 15) is 9.59 Å². The summed E-state index contributed by atoms with van der Waals surface area (Å²) < 4.78 is 0. The lowest BCUT2D eigenvalue weighted by Crippen LogP contribution is -2.51. The van der Waals surface area contributed by atoms with Crippen molar-refractivity contribution in [1.29, 1.82) is 0 Å². The van der Waals surface area contributed by atoms with Gasteiger partial charge < -0.3 is 21.1 Å². The van der Waals surface area contributed by atoms with E-state index in [0.717, 1.165) is 25.9 Å². The lowest BCUT2D eigenvalue weighted by Gasteiger charge is -2.24. The van der Waals surface area contributed by atoms with E-state index in [-0.39, 0.29) is 12.5 Å². The highest BCUT2D eigenvalue weighted by Gasteiger charge is 2.20. The molecule has 0 aromatic carbocycles. The van der Waals surface area contributed by atoms with Gasteiger partial charge in [-0.3, -0.25) is 0 Å². The highest BCUT2D eigenvalue weighted by molar-refractivity contribution is 5.82. The smallest absolute Gasteiger partial charge is 0.326 e. The quantitative estimate of drug-likeness (QED) is 0.513. The molecule has 1 unspecified atom stereocenters. The maximum absolute atomic E-state index is 11.6. The monoisotopic (exact) mass is 241 g/mol. The number of rotatable bonds is 5. The van der Waals surface area contributed by atoms with E-state index in [4.69, 9.17) is 5.11 Å². The summed E-state index contributed by atoms with van der Waals surface area (Å²) in [5.41, 5.74) is 0. The summed E-state index contributed by atoms with van der Waals surface area (Å²) >= 11 is 0. The zero-order chi connectivity index (χ0) is 12.7. The highest BCUT2D eigenvalue weighted by Crippen LogP contribution is 2.01. The number of carbonyl (C=O) groups is 2. The van der Waals surface area contributed by atoms with Crippen LogP contribution in [0.25, 0.3) is 0 Å². The number of carboxylic acids is 1. The van der Waals surface area contributed by atoms with E-state index in [1.54, 1.807) is 0 Å². The molecule has 1 fully saturated rings. The molecule has 1 rings (SSSR count). The van der Waals surface area contributed by atoms with Gasteiger partial charge >= 0.3 is 12.0 Å². The molecule has 0 aromatic rings. The predicted molar refractivity (Wildman–Crippen MR) is 63.8 cm³/mol. The summed E-state index contributed by atoms with van der Waals surface area (Å²) in [4.78, 5) is 22.4. The molecule has 17 heavy (non-hydrogen) atoms. The first kappa shape index (κ1) is 13.5. The Bertz CT molecular complexity index is 288. The van der Waals surface area contributed by atoms with Crippen molar-refractivity contribution in [2.45, 2.75) is 31.3 Å². The molecule has 1 atom stereocenters. The van der Waals surface area contributed by atoms with E-state index in [1.165, 1.54) is 6.08 Å². The summed E-state index contributed by atoms with van der Waals surface area (Å²) in [6.45, 7) is 5.21. The molecule has 2 amide bonds. The molecule has 1 aliphatic rings. The van der Waals surface area contributed by atoms with Gasteiger partial charge in [-0.15, -0.1) is 6.58 Å². The van der Waals surface area contributed by atoms with Gasteiger partial charge in [0.15, 0.2) is 0 Å². The fourth-order valence-corrected chi connectivity index (χ4v) is 1.74. The molecule has 6 heteroatoms. The van der Waals surface area contributed by atoms with Gasteiger partial charge in [0.2, 0.25) is 0 Å². The van der Waals surface area contributed by atoms with Gasteiger partial charge in [-0.25, -0.2) is 9.59 Å². The highest BCUT2D eigenvalue weighted by atomic mass is 16.4. The average molecular weight is 241 g/mol. The minimum Gasteiger partial charge on any atom is -0.480 e. The van der Waals surface area contributed by atoms with Crippen LogP contribution in [0.1, 0.15) is 19.3 Å². The Kier molecular flexibility index (Phi) is 5.48. The molecule has 1 saturated heterocycles. The van der Waals surface area contributed by atoms with Gasteiger partial charge in [-0.1, -0.05) is 6.08 Å². The molecule has 0 radical (unpaired) electrons. The van der Waals surface area contributed by atoms with Crippen LogP contribution >= 0.6 is 0 Å². The topological polar surface area (TPSA) is 90.5 Å². The van der Waals surface area contributed by atoms with Crippen molar-refractivity contribution in [3.63, 3.8) is 0 Å². The third-order valence-electron chi connectivity index (χ3n) is 2.68. The molecule has 0 saturated carbocycles. The Morgan fingerprint density at radius 3 is 2.65 bits per heavy atom. The Labute approximate surface area is 100 Å². The third kappa shape index (κ3) is 4.86. The number of amides is 2. The number of hydrogen-bond donors (Lipinski definition) is 4. The van der Waals surface area contributed by atoms with Crippen LogP contribution in [0.4, 0.5) is 4.79 Å². The van der Waals surface area contributed by atoms with Crippen molar-refractivity contribution in [2.75, 3.05) is 13.1 Å². The first-order valence-electron chi connectivity index (χ1n) is 5.75. The lowest BCUT2D eigenvalue weighted by atomic mass is 10.1. The van der Waals surface area contributed by atoms with Crippen molar-refractivity contribution in [1.82, 2.24) is 16.0 Å². The van der Waals surface area contributed by atoms with Crippen molar-refractivity contribution < 1.29 is 14.7 Å². The van der Waals surface area contributed by atoms with Crippen LogP contribution in [-0.4, -0.2) is 42.3 Å². The summed E-state index contributed by atoms with van der Waals surface area (Å²) in [6.07, 6.45) is 3.43. The van der Waals surface area contributed by atoms with Crippen LogP contribution in [0.15, 0.2) is 12.7 Å². The van der Waals surface area contributed by atoms with Crippen LogP contribution in [-0.2, 0) is 4.79 Å². The second kappa shape index (κ2) is 6.90.